The zero-order chi connectivity index (χ0) is 37.2. The quantitative estimate of drug-likeness (QED) is 0.110. The summed E-state index contributed by atoms with van der Waals surface area (Å²) in [4.78, 5) is 0. The van der Waals surface area contributed by atoms with Gasteiger partial charge in [0, 0.05) is 24.2 Å². The molecule has 0 aliphatic rings. The molecule has 0 saturated carbocycles. The second-order valence-electron chi connectivity index (χ2n) is 11.4. The first-order valence-corrected chi connectivity index (χ1v) is 27.2. The van der Waals surface area contributed by atoms with Crippen molar-refractivity contribution in [3.8, 4) is 0 Å². The third-order valence-corrected chi connectivity index (χ3v) is 37.5. The second-order valence-corrected chi connectivity index (χ2v) is 39.0. The Bertz CT molecular complexity index is 2300. The first kappa shape index (κ1) is 44.3. The van der Waals surface area contributed by atoms with E-state index < -0.39 is 22.6 Å². The molecule has 1 unspecified atom stereocenters. The van der Waals surface area contributed by atoms with Crippen molar-refractivity contribution in [1.29, 1.82) is 0 Å². The first-order chi connectivity index (χ1) is 22.9. The predicted molar refractivity (Wildman–Crippen MR) is 279 cm³/mol. The van der Waals surface area contributed by atoms with Crippen molar-refractivity contribution in [3.63, 3.8) is 0 Å². The van der Waals surface area contributed by atoms with Gasteiger partial charge in [-0.1, -0.05) is 306 Å². The minimum atomic E-state index is -1.17. The molecule has 0 aliphatic heterocycles. The monoisotopic (exact) mass is 1750 g/mol. The van der Waals surface area contributed by atoms with E-state index in [2.05, 4.69) is 338 Å². The molecule has 0 aliphatic carbocycles. The van der Waals surface area contributed by atoms with E-state index >= 15 is 0 Å². The highest BCUT2D eigenvalue weighted by Gasteiger charge is 2.76. The van der Waals surface area contributed by atoms with Gasteiger partial charge in [-0.05, 0) is 87.4 Å². The maximum atomic E-state index is 4.33. The van der Waals surface area contributed by atoms with Gasteiger partial charge in [0.1, 0.15) is 20.5 Å². The van der Waals surface area contributed by atoms with E-state index in [-0.39, 0.29) is 0 Å². The summed E-state index contributed by atoms with van der Waals surface area (Å²) >= 11 is 69.7. The lowest BCUT2D eigenvalue weighted by atomic mass is 9.85. The fourth-order valence-corrected chi connectivity index (χ4v) is 22.2. The van der Waals surface area contributed by atoms with E-state index in [1.807, 2.05) is 12.1 Å². The van der Waals surface area contributed by atoms with Crippen LogP contribution in [0.1, 0.15) is 11.1 Å². The SMILES string of the molecule is Brc1c(C(Br)(C(Br)(Br)Br)C(Br)(Br)C(Br)(Br)C(Br)(Br)C(Br)(Br)C(Br)(Br)c2ccc3ccccc3c2)c2ccc3cccc4cc(Br)c(c1Br)c2c34. The molecule has 0 bridgehead atoms. The van der Waals surface area contributed by atoms with E-state index in [9.17, 15) is 0 Å². The molecule has 264 valence electrons. The minimum Gasteiger partial charge on any atom is -0.0740 e. The van der Waals surface area contributed by atoms with Crippen LogP contribution in [-0.2, 0) is 7.56 Å². The topological polar surface area (TPSA) is 0 Å². The smallest absolute Gasteiger partial charge is 0.0740 e. The molecule has 0 radical (unpaired) electrons. The van der Waals surface area contributed by atoms with Gasteiger partial charge in [-0.2, -0.15) is 0 Å². The lowest BCUT2D eigenvalue weighted by Crippen LogP contribution is -2.66. The lowest BCUT2D eigenvalue weighted by Gasteiger charge is -2.58. The molecule has 0 aromatic heterocycles. The summed E-state index contributed by atoms with van der Waals surface area (Å²) < 4.78 is -4.78. The first-order valence-electron chi connectivity index (χ1n) is 13.8. The summed E-state index contributed by atoms with van der Waals surface area (Å²) in [6.45, 7) is 0. The molecule has 50 heavy (non-hydrogen) atoms. The molecule has 0 heterocycles. The maximum Gasteiger partial charge on any atom is 0.156 e. The molecule has 0 fully saturated rings. The maximum absolute atomic E-state index is 4.33. The van der Waals surface area contributed by atoms with Gasteiger partial charge in [0.15, 0.2) is 2.14 Å². The molecule has 6 aromatic rings. The zero-order valence-electron chi connectivity index (χ0n) is 23.9. The molecule has 0 amide bonds. The van der Waals surface area contributed by atoms with Crippen LogP contribution in [0.25, 0.3) is 43.1 Å². The van der Waals surface area contributed by atoms with Crippen LogP contribution in [0.15, 0.2) is 92.3 Å². The molecular weight excluding hydrogens is 1750 g/mol. The van der Waals surface area contributed by atoms with Crippen molar-refractivity contribution in [1.82, 2.24) is 0 Å². The Kier molecular flexibility index (Phi) is 13.6. The van der Waals surface area contributed by atoms with Crippen LogP contribution in [0.4, 0.5) is 0 Å². The Morgan fingerprint density at radius 2 is 0.940 bits per heavy atom. The molecular formula is C33H13Br17. The van der Waals surface area contributed by atoms with Gasteiger partial charge in [-0.25, -0.2) is 0 Å². The molecule has 1 atom stereocenters. The third-order valence-electron chi connectivity index (χ3n) is 8.61. The molecule has 0 N–H and O–H groups in total. The third kappa shape index (κ3) is 6.66. The van der Waals surface area contributed by atoms with Crippen molar-refractivity contribution in [2.45, 2.75) is 22.6 Å². The number of halogens is 17. The number of rotatable bonds is 7. The van der Waals surface area contributed by atoms with Gasteiger partial charge in [0.05, 0.1) is 0 Å². The van der Waals surface area contributed by atoms with Crippen LogP contribution in [0.2, 0.25) is 0 Å². The van der Waals surface area contributed by atoms with Gasteiger partial charge in [-0.3, -0.25) is 0 Å². The standard InChI is InChI=1S/C33H13Br17/c34-20-13-17-7-3-6-15-9-11-19-22(21(15)17)23(20)25(35)26(36)24(19)27(37,33(48,49)50)29(40,41)31(44,45)32(46,47)30(42,43)28(38,39)18-10-8-14-4-1-2-5-16(14)12-18/h1-13H. The van der Waals surface area contributed by atoms with Gasteiger partial charge in [0.2, 0.25) is 0 Å². The average molecular weight is 1770 g/mol. The van der Waals surface area contributed by atoms with E-state index in [1.165, 1.54) is 5.39 Å². The highest BCUT2D eigenvalue weighted by atomic mass is 80.0. The van der Waals surface area contributed by atoms with E-state index in [1.54, 1.807) is 0 Å². The Hall–Kier alpha value is 4.78. The largest absolute Gasteiger partial charge is 0.156 e. The van der Waals surface area contributed by atoms with Crippen LogP contribution in [0.5, 0.6) is 0 Å². The minimum absolute atomic E-state index is 0.841. The summed E-state index contributed by atoms with van der Waals surface area (Å²) in [7, 11) is 0. The fraction of sp³-hybridized carbons (Fsp3) is 0.212. The van der Waals surface area contributed by atoms with Crippen molar-refractivity contribution in [2.24, 2.45) is 0 Å². The van der Waals surface area contributed by atoms with E-state index in [0.29, 0.717) is 0 Å². The zero-order valence-corrected chi connectivity index (χ0v) is 50.9. The number of fused-ring (bicyclic) bond motifs is 1. The fourth-order valence-electron chi connectivity index (χ4n) is 6.06. The number of hydrogen-bond donors (Lipinski definition) is 0. The summed E-state index contributed by atoms with van der Waals surface area (Å²) in [5.74, 6) is 0. The van der Waals surface area contributed by atoms with Crippen molar-refractivity contribution < 1.29 is 0 Å². The van der Waals surface area contributed by atoms with Gasteiger partial charge >= 0.3 is 0 Å². The normalized spacial score (nSPS) is 15.5. The summed E-state index contributed by atoms with van der Waals surface area (Å²) in [6, 6.07) is 27.5. The summed E-state index contributed by atoms with van der Waals surface area (Å²) in [5.41, 5.74) is 1.87. The number of hydrogen-bond acceptors (Lipinski definition) is 0. The Balaban J connectivity index is 1.62. The van der Waals surface area contributed by atoms with E-state index in [4.69, 9.17) is 0 Å². The van der Waals surface area contributed by atoms with Gasteiger partial charge in [-0.15, -0.1) is 0 Å². The van der Waals surface area contributed by atoms with Crippen LogP contribution < -0.4 is 0 Å². The van der Waals surface area contributed by atoms with Crippen molar-refractivity contribution >= 4 is 314 Å². The Labute approximate surface area is 431 Å². The Morgan fingerprint density at radius 3 is 1.56 bits per heavy atom. The Morgan fingerprint density at radius 1 is 0.400 bits per heavy atom. The molecule has 6 rings (SSSR count). The molecule has 17 heteroatoms. The molecule has 0 saturated heterocycles. The predicted octanol–water partition coefficient (Wildman–Crippen LogP) is 20.0. The average Bonchev–Trinajstić information content (AvgIpc) is 3.03. The van der Waals surface area contributed by atoms with E-state index in [0.717, 1.165) is 62.2 Å². The molecule has 6 aromatic carbocycles. The second kappa shape index (κ2) is 15.4. The lowest BCUT2D eigenvalue weighted by molar-refractivity contribution is 0.539. The van der Waals surface area contributed by atoms with Crippen LogP contribution in [0, 0.1) is 0 Å². The molecule has 0 nitrogen and oxygen atoms in total. The highest BCUT2D eigenvalue weighted by Crippen LogP contribution is 2.79. The van der Waals surface area contributed by atoms with Crippen LogP contribution >= 0.6 is 271 Å². The van der Waals surface area contributed by atoms with Crippen LogP contribution in [-0.4, -0.2) is 15.1 Å². The highest BCUT2D eigenvalue weighted by molar-refractivity contribution is 9.40. The van der Waals surface area contributed by atoms with Gasteiger partial charge in [0.25, 0.3) is 0 Å². The van der Waals surface area contributed by atoms with Crippen LogP contribution in [0.3, 0.4) is 0 Å². The van der Waals surface area contributed by atoms with Gasteiger partial charge < -0.3 is 0 Å². The van der Waals surface area contributed by atoms with Crippen molar-refractivity contribution in [3.05, 3.63) is 103 Å². The number of alkyl halides is 14. The summed E-state index contributed by atoms with van der Waals surface area (Å²) in [5, 5.41) is 8.90. The van der Waals surface area contributed by atoms with Crippen molar-refractivity contribution in [2.75, 3.05) is 0 Å². The summed E-state index contributed by atoms with van der Waals surface area (Å²) in [6.07, 6.45) is 0. The molecule has 0 spiro atoms. The number of benzene rings is 6.